The van der Waals surface area contributed by atoms with E-state index in [0.717, 1.165) is 35.2 Å². The summed E-state index contributed by atoms with van der Waals surface area (Å²) >= 11 is 7.31. The van der Waals surface area contributed by atoms with E-state index in [0.29, 0.717) is 5.88 Å². The van der Waals surface area contributed by atoms with Crippen LogP contribution in [0.25, 0.3) is 10.1 Å². The van der Waals surface area contributed by atoms with Crippen LogP contribution in [-0.2, 0) is 0 Å². The molecule has 2 aromatic rings. The number of alkyl halides is 1. The molecule has 0 aliphatic carbocycles. The van der Waals surface area contributed by atoms with Crippen LogP contribution in [0.2, 0.25) is 0 Å². The highest BCUT2D eigenvalue weighted by molar-refractivity contribution is 7.17. The molecular formula is C14H16ClNOS. The van der Waals surface area contributed by atoms with Crippen molar-refractivity contribution in [3.05, 3.63) is 35.2 Å². The summed E-state index contributed by atoms with van der Waals surface area (Å²) in [6, 6.07) is 8.03. The van der Waals surface area contributed by atoms with E-state index in [-0.39, 0.29) is 5.91 Å². The molecule has 0 radical (unpaired) electrons. The van der Waals surface area contributed by atoms with Gasteiger partial charge in [-0.25, -0.2) is 0 Å². The van der Waals surface area contributed by atoms with E-state index in [2.05, 4.69) is 0 Å². The smallest absolute Gasteiger partial charge is 0.255 e. The standard InChI is InChI=1S/C14H16ClNOS/c1-2-16(9-5-8-15)14(17)12-10-18-13-7-4-3-6-11(12)13/h3-4,6-7,10H,2,5,8-9H2,1H3. The summed E-state index contributed by atoms with van der Waals surface area (Å²) in [5, 5.41) is 3.01. The summed E-state index contributed by atoms with van der Waals surface area (Å²) in [5.41, 5.74) is 0.812. The van der Waals surface area contributed by atoms with Crippen molar-refractivity contribution in [3.63, 3.8) is 0 Å². The van der Waals surface area contributed by atoms with Crippen LogP contribution in [-0.4, -0.2) is 29.8 Å². The summed E-state index contributed by atoms with van der Waals surface area (Å²) in [6.45, 7) is 3.45. The fourth-order valence-electron chi connectivity index (χ4n) is 1.97. The molecule has 0 unspecified atom stereocenters. The average molecular weight is 282 g/mol. The number of rotatable bonds is 5. The van der Waals surface area contributed by atoms with Gasteiger partial charge in [0.05, 0.1) is 5.56 Å². The fraction of sp³-hybridized carbons (Fsp3) is 0.357. The number of nitrogens with zero attached hydrogens (tertiary/aromatic N) is 1. The predicted molar refractivity (Wildman–Crippen MR) is 78.7 cm³/mol. The second kappa shape index (κ2) is 6.21. The summed E-state index contributed by atoms with van der Waals surface area (Å²) in [5.74, 6) is 0.703. The number of halogens is 1. The number of carbonyl (C=O) groups is 1. The molecule has 2 rings (SSSR count). The number of carbonyl (C=O) groups excluding carboxylic acids is 1. The van der Waals surface area contributed by atoms with Crippen molar-refractivity contribution in [3.8, 4) is 0 Å². The fourth-order valence-corrected chi connectivity index (χ4v) is 3.02. The van der Waals surface area contributed by atoms with E-state index in [4.69, 9.17) is 11.6 Å². The van der Waals surface area contributed by atoms with Gasteiger partial charge >= 0.3 is 0 Å². The van der Waals surface area contributed by atoms with Crippen LogP contribution >= 0.6 is 22.9 Å². The molecular weight excluding hydrogens is 266 g/mol. The monoisotopic (exact) mass is 281 g/mol. The Morgan fingerprint density at radius 3 is 2.89 bits per heavy atom. The lowest BCUT2D eigenvalue weighted by Crippen LogP contribution is -2.31. The highest BCUT2D eigenvalue weighted by Crippen LogP contribution is 2.26. The molecule has 1 aromatic heterocycles. The largest absolute Gasteiger partial charge is 0.339 e. The molecule has 18 heavy (non-hydrogen) atoms. The van der Waals surface area contributed by atoms with Gasteiger partial charge in [0, 0.05) is 34.4 Å². The second-order valence-corrected chi connectivity index (χ2v) is 5.36. The lowest BCUT2D eigenvalue weighted by Gasteiger charge is -2.20. The van der Waals surface area contributed by atoms with Gasteiger partial charge in [0.15, 0.2) is 0 Å². The van der Waals surface area contributed by atoms with Crippen LogP contribution in [0.4, 0.5) is 0 Å². The van der Waals surface area contributed by atoms with Crippen molar-refractivity contribution in [2.45, 2.75) is 13.3 Å². The molecule has 0 aliphatic rings. The molecule has 0 fully saturated rings. The van der Waals surface area contributed by atoms with E-state index in [1.807, 2.05) is 41.5 Å². The van der Waals surface area contributed by atoms with Gasteiger partial charge in [-0.3, -0.25) is 4.79 Å². The molecule has 0 aliphatic heterocycles. The van der Waals surface area contributed by atoms with Gasteiger partial charge < -0.3 is 4.90 Å². The molecule has 0 saturated carbocycles. The molecule has 0 N–H and O–H groups in total. The van der Waals surface area contributed by atoms with Crippen molar-refractivity contribution in [1.82, 2.24) is 4.90 Å². The van der Waals surface area contributed by atoms with Crippen LogP contribution in [0.3, 0.4) is 0 Å². The molecule has 2 nitrogen and oxygen atoms in total. The highest BCUT2D eigenvalue weighted by Gasteiger charge is 2.17. The van der Waals surface area contributed by atoms with Crippen molar-refractivity contribution in [2.24, 2.45) is 0 Å². The van der Waals surface area contributed by atoms with E-state index in [1.165, 1.54) is 0 Å². The van der Waals surface area contributed by atoms with Gasteiger partial charge in [-0.15, -0.1) is 22.9 Å². The summed E-state index contributed by atoms with van der Waals surface area (Å²) in [7, 11) is 0. The Hall–Kier alpha value is -1.06. The number of hydrogen-bond donors (Lipinski definition) is 0. The van der Waals surface area contributed by atoms with Crippen molar-refractivity contribution in [2.75, 3.05) is 19.0 Å². The molecule has 96 valence electrons. The molecule has 0 atom stereocenters. The Balaban J connectivity index is 2.26. The Bertz CT molecular complexity index is 537. The maximum Gasteiger partial charge on any atom is 0.255 e. The topological polar surface area (TPSA) is 20.3 Å². The van der Waals surface area contributed by atoms with Crippen LogP contribution in [0.5, 0.6) is 0 Å². The molecule has 0 bridgehead atoms. The quantitative estimate of drug-likeness (QED) is 0.759. The van der Waals surface area contributed by atoms with Gasteiger partial charge in [-0.05, 0) is 19.4 Å². The summed E-state index contributed by atoms with van der Waals surface area (Å²) < 4.78 is 1.16. The lowest BCUT2D eigenvalue weighted by atomic mass is 10.1. The number of benzene rings is 1. The molecule has 0 saturated heterocycles. The van der Waals surface area contributed by atoms with E-state index < -0.39 is 0 Å². The van der Waals surface area contributed by atoms with Crippen LogP contribution in [0.1, 0.15) is 23.7 Å². The average Bonchev–Trinajstić information content (AvgIpc) is 2.83. The first-order valence-electron chi connectivity index (χ1n) is 6.09. The van der Waals surface area contributed by atoms with Crippen molar-refractivity contribution >= 4 is 38.9 Å². The van der Waals surface area contributed by atoms with Crippen LogP contribution in [0.15, 0.2) is 29.6 Å². The zero-order chi connectivity index (χ0) is 13.0. The van der Waals surface area contributed by atoms with Gasteiger partial charge in [0.25, 0.3) is 5.91 Å². The first-order chi connectivity index (χ1) is 8.77. The Labute approximate surface area is 116 Å². The Morgan fingerprint density at radius 1 is 1.39 bits per heavy atom. The maximum atomic E-state index is 12.4. The summed E-state index contributed by atoms with van der Waals surface area (Å²) in [6.07, 6.45) is 0.837. The number of hydrogen-bond acceptors (Lipinski definition) is 2. The molecule has 1 heterocycles. The van der Waals surface area contributed by atoms with E-state index >= 15 is 0 Å². The van der Waals surface area contributed by atoms with Gasteiger partial charge in [0.2, 0.25) is 0 Å². The minimum Gasteiger partial charge on any atom is -0.339 e. The van der Waals surface area contributed by atoms with Crippen LogP contribution in [0, 0.1) is 0 Å². The van der Waals surface area contributed by atoms with Gasteiger partial charge in [0.1, 0.15) is 0 Å². The minimum absolute atomic E-state index is 0.111. The second-order valence-electron chi connectivity index (χ2n) is 4.07. The van der Waals surface area contributed by atoms with E-state index in [9.17, 15) is 4.79 Å². The third-order valence-electron chi connectivity index (χ3n) is 2.94. The SMILES string of the molecule is CCN(CCCCl)C(=O)c1csc2ccccc12. The molecule has 4 heteroatoms. The van der Waals surface area contributed by atoms with E-state index in [1.54, 1.807) is 11.3 Å². The third-order valence-corrected chi connectivity index (χ3v) is 4.17. The molecule has 0 spiro atoms. The first-order valence-corrected chi connectivity index (χ1v) is 7.50. The maximum absolute atomic E-state index is 12.4. The highest BCUT2D eigenvalue weighted by atomic mass is 35.5. The van der Waals surface area contributed by atoms with Crippen molar-refractivity contribution in [1.29, 1.82) is 0 Å². The number of thiophene rings is 1. The Kier molecular flexibility index (Phi) is 4.61. The van der Waals surface area contributed by atoms with Crippen LogP contribution < -0.4 is 0 Å². The normalized spacial score (nSPS) is 10.8. The Morgan fingerprint density at radius 2 is 2.17 bits per heavy atom. The zero-order valence-electron chi connectivity index (χ0n) is 10.4. The molecule has 1 aromatic carbocycles. The van der Waals surface area contributed by atoms with Gasteiger partial charge in [-0.1, -0.05) is 18.2 Å². The minimum atomic E-state index is 0.111. The third kappa shape index (κ3) is 2.68. The summed E-state index contributed by atoms with van der Waals surface area (Å²) in [4.78, 5) is 14.3. The van der Waals surface area contributed by atoms with Crippen molar-refractivity contribution < 1.29 is 4.79 Å². The van der Waals surface area contributed by atoms with Gasteiger partial charge in [-0.2, -0.15) is 0 Å². The number of amides is 1. The lowest BCUT2D eigenvalue weighted by molar-refractivity contribution is 0.0767. The zero-order valence-corrected chi connectivity index (χ0v) is 11.9. The molecule has 1 amide bonds. The first kappa shape index (κ1) is 13.4. The number of fused-ring (bicyclic) bond motifs is 1. The predicted octanol–water partition coefficient (Wildman–Crippen LogP) is 3.99.